The topological polar surface area (TPSA) is 66.8 Å². The van der Waals surface area contributed by atoms with Crippen LogP contribution in [-0.2, 0) is 9.30 Å². The Morgan fingerprint density at radius 3 is 2.40 bits per heavy atom. The number of rotatable bonds is 0. The first-order valence-corrected chi connectivity index (χ1v) is 3.73. The fraction of sp³-hybridized carbons (Fsp3) is 0.667. The number of hydrogen-bond acceptors (Lipinski definition) is 3. The molecule has 1 saturated heterocycles. The fourth-order valence-electron chi connectivity index (χ4n) is 0.374. The molecule has 0 saturated carbocycles. The van der Waals surface area contributed by atoms with Crippen molar-refractivity contribution in [1.82, 2.24) is 4.42 Å². The van der Waals surface area contributed by atoms with Crippen molar-refractivity contribution in [2.75, 3.05) is 13.2 Å². The smallest absolute Gasteiger partial charge is 0.424 e. The van der Waals surface area contributed by atoms with Crippen LogP contribution in [0.5, 0.6) is 0 Å². The van der Waals surface area contributed by atoms with E-state index < -0.39 is 14.8 Å². The van der Waals surface area contributed by atoms with Gasteiger partial charge in [0.25, 0.3) is 0 Å². The van der Waals surface area contributed by atoms with Crippen molar-refractivity contribution < 1.29 is 19.0 Å². The molecule has 0 bridgehead atoms. The molecular weight excluding hydrogens is 180 g/mol. The summed E-state index contributed by atoms with van der Waals surface area (Å²) in [6.07, 6.45) is -0.443. The SMILES string of the molecule is O=C1OCCN1Cl.O=[PH2]O. The van der Waals surface area contributed by atoms with Gasteiger partial charge in [0.1, 0.15) is 6.61 Å². The third-order valence-electron chi connectivity index (χ3n) is 0.711. The van der Waals surface area contributed by atoms with E-state index in [2.05, 4.69) is 4.74 Å². The number of carbonyl (C=O) groups is 1. The highest BCUT2D eigenvalue weighted by Crippen LogP contribution is 2.04. The molecule has 1 unspecified atom stereocenters. The average Bonchev–Trinajstić information content (AvgIpc) is 2.19. The molecule has 1 N–H and O–H groups in total. The number of amides is 1. The minimum Gasteiger partial charge on any atom is -0.447 e. The van der Waals surface area contributed by atoms with Gasteiger partial charge in [0.2, 0.25) is 0 Å². The van der Waals surface area contributed by atoms with Gasteiger partial charge in [-0.1, -0.05) is 0 Å². The van der Waals surface area contributed by atoms with Crippen molar-refractivity contribution >= 4 is 26.6 Å². The molecule has 0 aromatic heterocycles. The van der Waals surface area contributed by atoms with Gasteiger partial charge in [0, 0.05) is 11.8 Å². The number of halogens is 1. The molecule has 0 aromatic carbocycles. The molecule has 0 spiro atoms. The molecule has 0 aliphatic carbocycles. The summed E-state index contributed by atoms with van der Waals surface area (Å²) in [5.74, 6) is 0. The number of cyclic esters (lactones) is 1. The van der Waals surface area contributed by atoms with E-state index in [1.807, 2.05) is 0 Å². The zero-order valence-electron chi connectivity index (χ0n) is 4.99. The second kappa shape index (κ2) is 5.53. The standard InChI is InChI=1S/C3H4ClNO2.H3O2P/c4-5-1-2-7-3(5)6;1-3-2/h1-2H2;3H2,(H,1,2). The molecule has 10 heavy (non-hydrogen) atoms. The lowest BCUT2D eigenvalue weighted by atomic mass is 10.7. The molecule has 1 amide bonds. The maximum Gasteiger partial charge on any atom is 0.424 e. The first kappa shape index (κ1) is 9.75. The molecule has 1 fully saturated rings. The van der Waals surface area contributed by atoms with Crippen LogP contribution >= 0.6 is 20.5 Å². The molecule has 1 atom stereocenters. The Hall–Kier alpha value is -0.250. The maximum atomic E-state index is 10.1. The van der Waals surface area contributed by atoms with Gasteiger partial charge >= 0.3 is 6.09 Å². The Kier molecular flexibility index (Phi) is 5.39. The summed E-state index contributed by atoms with van der Waals surface area (Å²) < 4.78 is 14.0. The minimum atomic E-state index is -1.50. The van der Waals surface area contributed by atoms with E-state index in [-0.39, 0.29) is 0 Å². The predicted molar refractivity (Wildman–Crippen MR) is 36.5 cm³/mol. The van der Waals surface area contributed by atoms with E-state index in [1.165, 1.54) is 0 Å². The van der Waals surface area contributed by atoms with Crippen molar-refractivity contribution in [1.29, 1.82) is 0 Å². The van der Waals surface area contributed by atoms with Crippen molar-refractivity contribution in [2.24, 2.45) is 0 Å². The van der Waals surface area contributed by atoms with Gasteiger partial charge in [-0.25, -0.2) is 9.21 Å². The van der Waals surface area contributed by atoms with Gasteiger partial charge in [0.15, 0.2) is 8.69 Å². The van der Waals surface area contributed by atoms with E-state index in [9.17, 15) is 4.79 Å². The van der Waals surface area contributed by atoms with E-state index in [0.29, 0.717) is 13.2 Å². The first-order valence-electron chi connectivity index (χ1n) is 2.40. The zero-order chi connectivity index (χ0) is 7.98. The number of ether oxygens (including phenoxy) is 1. The van der Waals surface area contributed by atoms with Crippen LogP contribution in [0, 0.1) is 0 Å². The monoisotopic (exact) mass is 187 g/mol. The number of carbonyl (C=O) groups excluding carboxylic acids is 1. The van der Waals surface area contributed by atoms with Crippen LogP contribution in [0.25, 0.3) is 0 Å². The van der Waals surface area contributed by atoms with Crippen molar-refractivity contribution in [3.05, 3.63) is 0 Å². The summed E-state index contributed by atoms with van der Waals surface area (Å²) in [5, 5.41) is 0. The van der Waals surface area contributed by atoms with Crippen LogP contribution in [-0.4, -0.2) is 28.6 Å². The molecule has 0 radical (unpaired) electrons. The van der Waals surface area contributed by atoms with Gasteiger partial charge in [0.05, 0.1) is 6.54 Å². The summed E-state index contributed by atoms with van der Waals surface area (Å²) in [4.78, 5) is 17.2. The summed E-state index contributed by atoms with van der Waals surface area (Å²) in [6.45, 7) is 0.919. The third kappa shape index (κ3) is 3.71. The Balaban J connectivity index is 0.000000236. The molecule has 7 heteroatoms. The van der Waals surface area contributed by atoms with Crippen LogP contribution in [0.4, 0.5) is 4.79 Å². The van der Waals surface area contributed by atoms with Crippen LogP contribution in [0.1, 0.15) is 0 Å². The highest BCUT2D eigenvalue weighted by Gasteiger charge is 2.18. The predicted octanol–water partition coefficient (Wildman–Crippen LogP) is 0.242. The normalized spacial score (nSPS) is 17.0. The summed E-state index contributed by atoms with van der Waals surface area (Å²) in [5.41, 5.74) is 0. The van der Waals surface area contributed by atoms with Gasteiger partial charge in [-0.15, -0.1) is 0 Å². The van der Waals surface area contributed by atoms with Crippen LogP contribution in [0.2, 0.25) is 0 Å². The molecule has 1 rings (SSSR count). The summed E-state index contributed by atoms with van der Waals surface area (Å²) in [7, 11) is -1.50. The zero-order valence-corrected chi connectivity index (χ0v) is 6.90. The molecule has 5 nitrogen and oxygen atoms in total. The van der Waals surface area contributed by atoms with E-state index >= 15 is 0 Å². The van der Waals surface area contributed by atoms with Crippen molar-refractivity contribution in [3.8, 4) is 0 Å². The van der Waals surface area contributed by atoms with E-state index in [1.54, 1.807) is 0 Å². The third-order valence-corrected chi connectivity index (χ3v) is 1.02. The van der Waals surface area contributed by atoms with Crippen LogP contribution < -0.4 is 0 Å². The fourth-order valence-corrected chi connectivity index (χ4v) is 0.492. The summed E-state index contributed by atoms with van der Waals surface area (Å²) in [6, 6.07) is 0. The van der Waals surface area contributed by atoms with Gasteiger partial charge in [-0.05, 0) is 0 Å². The average molecular weight is 188 g/mol. The second-order valence-electron chi connectivity index (χ2n) is 1.31. The Bertz CT molecular complexity index is 132. The molecule has 1 heterocycles. The minimum absolute atomic E-state index is 0.419. The number of nitrogens with zero attached hydrogens (tertiary/aromatic N) is 1. The largest absolute Gasteiger partial charge is 0.447 e. The first-order chi connectivity index (χ1) is 4.72. The van der Waals surface area contributed by atoms with E-state index in [4.69, 9.17) is 21.2 Å². The Morgan fingerprint density at radius 2 is 2.30 bits per heavy atom. The van der Waals surface area contributed by atoms with Gasteiger partial charge in [-0.2, -0.15) is 0 Å². The van der Waals surface area contributed by atoms with Crippen molar-refractivity contribution in [3.63, 3.8) is 0 Å². The lowest BCUT2D eigenvalue weighted by Gasteiger charge is -1.94. The summed E-state index contributed by atoms with van der Waals surface area (Å²) >= 11 is 5.22. The van der Waals surface area contributed by atoms with Gasteiger partial charge < -0.3 is 9.63 Å². The van der Waals surface area contributed by atoms with Crippen LogP contribution in [0.3, 0.4) is 0 Å². The van der Waals surface area contributed by atoms with Crippen LogP contribution in [0.15, 0.2) is 0 Å². The highest BCUT2D eigenvalue weighted by atomic mass is 35.5. The number of hydrogen-bond donors (Lipinski definition) is 1. The van der Waals surface area contributed by atoms with E-state index in [0.717, 1.165) is 4.42 Å². The lowest BCUT2D eigenvalue weighted by Crippen LogP contribution is -2.10. The van der Waals surface area contributed by atoms with Crippen molar-refractivity contribution in [2.45, 2.75) is 0 Å². The highest BCUT2D eigenvalue weighted by molar-refractivity contribution is 7.16. The molecule has 1 aliphatic rings. The molecule has 1 aliphatic heterocycles. The second-order valence-corrected chi connectivity index (χ2v) is 1.92. The van der Waals surface area contributed by atoms with Gasteiger partial charge in [-0.3, -0.25) is 4.57 Å². The quantitative estimate of drug-likeness (QED) is 0.436. The molecular formula is C3H7ClNO4P. The Morgan fingerprint density at radius 1 is 1.80 bits per heavy atom. The Labute approximate surface area is 63.9 Å². The molecule has 0 aromatic rings. The molecule has 60 valence electrons. The lowest BCUT2D eigenvalue weighted by molar-refractivity contribution is 0.170. The maximum absolute atomic E-state index is 10.1.